The molecular formula is C12H16N2O6S. The van der Waals surface area contributed by atoms with E-state index in [-0.39, 0.29) is 18.0 Å². The van der Waals surface area contributed by atoms with E-state index in [1.54, 1.807) is 32.0 Å². The van der Waals surface area contributed by atoms with Gasteiger partial charge in [0.05, 0.1) is 4.92 Å². The highest BCUT2D eigenvalue weighted by molar-refractivity contribution is 7.61. The van der Waals surface area contributed by atoms with E-state index in [9.17, 15) is 23.3 Å². The Labute approximate surface area is 123 Å². The molecular weight excluding hydrogens is 300 g/mol. The molecule has 1 aromatic rings. The van der Waals surface area contributed by atoms with Crippen LogP contribution in [-0.4, -0.2) is 30.5 Å². The molecule has 1 N–H and O–H groups in total. The largest absolute Gasteiger partial charge is 0.480 e. The molecule has 116 valence electrons. The summed E-state index contributed by atoms with van der Waals surface area (Å²) in [6.45, 7) is 3.61. The summed E-state index contributed by atoms with van der Waals surface area (Å²) in [5.74, 6) is -1.09. The third-order valence-electron chi connectivity index (χ3n) is 2.16. The molecule has 0 aliphatic carbocycles. The van der Waals surface area contributed by atoms with Crippen molar-refractivity contribution >= 4 is 22.2 Å². The number of non-ortho nitro benzene ring substituents is 1. The molecule has 8 nitrogen and oxygen atoms in total. The third-order valence-corrected chi connectivity index (χ3v) is 2.59. The molecule has 0 aliphatic heterocycles. The third kappa shape index (κ3) is 9.27. The molecule has 1 rings (SSSR count). The molecule has 0 saturated carbocycles. The summed E-state index contributed by atoms with van der Waals surface area (Å²) in [6, 6.07) is 6.80. The van der Waals surface area contributed by atoms with Crippen molar-refractivity contribution in [2.24, 2.45) is 10.3 Å². The predicted molar refractivity (Wildman–Crippen MR) is 75.3 cm³/mol. The number of nitro groups is 1. The summed E-state index contributed by atoms with van der Waals surface area (Å²) in [5.41, 5.74) is 0.137. The topological polar surface area (TPSA) is 127 Å². The molecule has 0 bridgehead atoms. The summed E-state index contributed by atoms with van der Waals surface area (Å²) in [4.78, 5) is 20.0. The standard InChI is InChI=1S/C6H11NO4S.C6H5NO2/c1-4(2)3-5(6(8)9)7-12(10)11;8-7(9)6-4-2-1-3-5-6/h4-5H,3H2,1-2H3,(H,8,9);1-5H. The zero-order valence-electron chi connectivity index (χ0n) is 11.5. The fourth-order valence-electron chi connectivity index (χ4n) is 1.29. The van der Waals surface area contributed by atoms with E-state index in [2.05, 4.69) is 4.36 Å². The number of rotatable bonds is 5. The van der Waals surface area contributed by atoms with Gasteiger partial charge >= 0.3 is 16.5 Å². The first-order chi connectivity index (χ1) is 9.73. The zero-order chi connectivity index (χ0) is 16.4. The van der Waals surface area contributed by atoms with Crippen LogP contribution in [0.1, 0.15) is 20.3 Å². The van der Waals surface area contributed by atoms with Crippen LogP contribution in [0.2, 0.25) is 0 Å². The Balaban J connectivity index is 0.000000394. The first kappa shape index (κ1) is 18.7. The molecule has 0 radical (unpaired) electrons. The smallest absolute Gasteiger partial charge is 0.329 e. The van der Waals surface area contributed by atoms with Gasteiger partial charge in [-0.05, 0) is 12.3 Å². The summed E-state index contributed by atoms with van der Waals surface area (Å²) in [7, 11) is -2.64. The van der Waals surface area contributed by atoms with Crippen LogP contribution in [-0.2, 0) is 15.3 Å². The van der Waals surface area contributed by atoms with Crippen LogP contribution in [0.15, 0.2) is 34.7 Å². The van der Waals surface area contributed by atoms with Crippen molar-refractivity contribution in [2.45, 2.75) is 26.3 Å². The van der Waals surface area contributed by atoms with Gasteiger partial charge < -0.3 is 5.11 Å². The molecule has 1 aromatic carbocycles. The number of carboxylic acid groups (broad SMARTS) is 1. The maximum atomic E-state index is 10.4. The minimum absolute atomic E-state index is 0.110. The number of para-hydroxylation sites is 1. The van der Waals surface area contributed by atoms with Crippen LogP contribution in [0, 0.1) is 16.0 Å². The van der Waals surface area contributed by atoms with Gasteiger partial charge in [-0.15, -0.1) is 0 Å². The first-order valence-corrected chi connectivity index (χ1v) is 6.99. The first-order valence-electron chi connectivity index (χ1n) is 5.96. The van der Waals surface area contributed by atoms with Crippen molar-refractivity contribution in [1.82, 2.24) is 0 Å². The fraction of sp³-hybridized carbons (Fsp3) is 0.417. The summed E-state index contributed by atoms with van der Waals surface area (Å²) < 4.78 is 23.2. The number of hydrogen-bond donors (Lipinski definition) is 1. The number of aliphatic carboxylic acids is 1. The number of carboxylic acids is 1. The van der Waals surface area contributed by atoms with Crippen molar-refractivity contribution in [3.05, 3.63) is 40.4 Å². The minimum Gasteiger partial charge on any atom is -0.480 e. The number of nitro benzene ring substituents is 1. The lowest BCUT2D eigenvalue weighted by Crippen LogP contribution is -2.19. The van der Waals surface area contributed by atoms with Gasteiger partial charge in [-0.25, -0.2) is 4.79 Å². The predicted octanol–water partition coefficient (Wildman–Crippen LogP) is 2.14. The SMILES string of the molecule is CC(C)CC(N=S(=O)=O)C(=O)O.O=[N+]([O-])c1ccccc1. The molecule has 0 saturated heterocycles. The van der Waals surface area contributed by atoms with E-state index in [0.29, 0.717) is 0 Å². The Morgan fingerprint density at radius 2 is 1.86 bits per heavy atom. The zero-order valence-corrected chi connectivity index (χ0v) is 12.4. The van der Waals surface area contributed by atoms with Crippen LogP contribution in [0.5, 0.6) is 0 Å². The van der Waals surface area contributed by atoms with Crippen LogP contribution in [0.3, 0.4) is 0 Å². The highest BCUT2D eigenvalue weighted by atomic mass is 32.2. The van der Waals surface area contributed by atoms with Crippen molar-refractivity contribution in [3.8, 4) is 0 Å². The number of hydrogen-bond acceptors (Lipinski definition) is 6. The lowest BCUT2D eigenvalue weighted by molar-refractivity contribution is -0.384. The monoisotopic (exact) mass is 316 g/mol. The van der Waals surface area contributed by atoms with Crippen LogP contribution in [0.25, 0.3) is 0 Å². The van der Waals surface area contributed by atoms with Gasteiger partial charge in [-0.2, -0.15) is 12.8 Å². The van der Waals surface area contributed by atoms with Gasteiger partial charge in [0, 0.05) is 12.1 Å². The van der Waals surface area contributed by atoms with Crippen molar-refractivity contribution in [2.75, 3.05) is 0 Å². The summed E-state index contributed by atoms with van der Waals surface area (Å²) in [6.07, 6.45) is 0.239. The lowest BCUT2D eigenvalue weighted by Gasteiger charge is -2.06. The average molecular weight is 316 g/mol. The van der Waals surface area contributed by atoms with Gasteiger partial charge in [-0.1, -0.05) is 32.0 Å². The minimum atomic E-state index is -2.64. The molecule has 0 aliphatic rings. The second kappa shape index (κ2) is 9.59. The number of carbonyl (C=O) groups is 1. The Hall–Kier alpha value is -2.29. The lowest BCUT2D eigenvalue weighted by atomic mass is 10.1. The molecule has 0 aromatic heterocycles. The number of nitrogens with zero attached hydrogens (tertiary/aromatic N) is 2. The van der Waals surface area contributed by atoms with E-state index in [1.165, 1.54) is 12.1 Å². The van der Waals surface area contributed by atoms with E-state index < -0.39 is 27.4 Å². The maximum absolute atomic E-state index is 10.4. The van der Waals surface area contributed by atoms with E-state index in [4.69, 9.17) is 5.11 Å². The van der Waals surface area contributed by atoms with Gasteiger partial charge in [0.15, 0.2) is 6.04 Å². The molecule has 0 fully saturated rings. The van der Waals surface area contributed by atoms with Gasteiger partial charge in [0.1, 0.15) is 0 Å². The van der Waals surface area contributed by atoms with Gasteiger partial charge in [0.25, 0.3) is 5.69 Å². The van der Waals surface area contributed by atoms with Crippen LogP contribution >= 0.6 is 0 Å². The van der Waals surface area contributed by atoms with Gasteiger partial charge in [-0.3, -0.25) is 10.1 Å². The average Bonchev–Trinajstić information content (AvgIpc) is 2.38. The highest BCUT2D eigenvalue weighted by Gasteiger charge is 2.17. The number of benzene rings is 1. The normalized spacial score (nSPS) is 11.0. The van der Waals surface area contributed by atoms with Gasteiger partial charge in [0.2, 0.25) is 0 Å². The van der Waals surface area contributed by atoms with Crippen molar-refractivity contribution in [1.29, 1.82) is 0 Å². The maximum Gasteiger partial charge on any atom is 0.329 e. The Morgan fingerprint density at radius 1 is 1.33 bits per heavy atom. The van der Waals surface area contributed by atoms with Crippen LogP contribution < -0.4 is 0 Å². The molecule has 0 heterocycles. The quantitative estimate of drug-likeness (QED) is 0.655. The molecule has 21 heavy (non-hydrogen) atoms. The Bertz CT molecular complexity index is 589. The molecule has 9 heteroatoms. The summed E-state index contributed by atoms with van der Waals surface area (Å²) in [5, 5.41) is 18.5. The summed E-state index contributed by atoms with van der Waals surface area (Å²) >= 11 is 0. The second-order valence-corrected chi connectivity index (χ2v) is 5.04. The van der Waals surface area contributed by atoms with E-state index in [0.717, 1.165) is 0 Å². The molecule has 0 amide bonds. The fourth-order valence-corrected chi connectivity index (χ4v) is 1.67. The highest BCUT2D eigenvalue weighted by Crippen LogP contribution is 2.08. The van der Waals surface area contributed by atoms with E-state index in [1.807, 2.05) is 0 Å². The Morgan fingerprint density at radius 3 is 2.14 bits per heavy atom. The van der Waals surface area contributed by atoms with Crippen molar-refractivity contribution in [3.63, 3.8) is 0 Å². The second-order valence-electron chi connectivity index (χ2n) is 4.40. The Kier molecular flexibility index (Phi) is 8.54. The molecule has 1 unspecified atom stereocenters. The van der Waals surface area contributed by atoms with Crippen molar-refractivity contribution < 1.29 is 23.2 Å². The molecule has 0 spiro atoms. The molecule has 1 atom stereocenters. The van der Waals surface area contributed by atoms with Crippen LogP contribution in [0.4, 0.5) is 5.69 Å². The van der Waals surface area contributed by atoms with E-state index >= 15 is 0 Å².